The molecule has 0 bridgehead atoms. The van der Waals surface area contributed by atoms with Crippen LogP contribution < -0.4 is 0 Å². The summed E-state index contributed by atoms with van der Waals surface area (Å²) in [4.78, 5) is 0. The van der Waals surface area contributed by atoms with Gasteiger partial charge in [-0.15, -0.1) is 0 Å². The molecule has 2 aromatic heterocycles. The van der Waals surface area contributed by atoms with Crippen LogP contribution in [0.25, 0.3) is 5.82 Å². The van der Waals surface area contributed by atoms with E-state index in [4.69, 9.17) is 5.10 Å². The minimum absolute atomic E-state index is 0.0874. The van der Waals surface area contributed by atoms with Gasteiger partial charge in [-0.2, -0.15) is 5.10 Å². The highest BCUT2D eigenvalue weighted by Crippen LogP contribution is 2.25. The summed E-state index contributed by atoms with van der Waals surface area (Å²) in [6, 6.07) is 6.52. The molecule has 2 heterocycles. The molecule has 0 atom stereocenters. The van der Waals surface area contributed by atoms with Crippen molar-refractivity contribution in [1.29, 1.82) is 0 Å². The normalized spacial score (nSPS) is 12.1. The lowest BCUT2D eigenvalue weighted by atomic mass is 9.92. The second kappa shape index (κ2) is 4.30. The number of nitrogens with zero attached hydrogens (tertiary/aromatic N) is 3. The van der Waals surface area contributed by atoms with Crippen molar-refractivity contribution in [3.63, 3.8) is 0 Å². The Labute approximate surface area is 109 Å². The summed E-state index contributed by atoms with van der Waals surface area (Å²) in [7, 11) is 0. The van der Waals surface area contributed by atoms with Gasteiger partial charge in [-0.05, 0) is 32.9 Å². The van der Waals surface area contributed by atoms with Gasteiger partial charge in [0, 0.05) is 29.4 Å². The SMILES string of the molecule is CCn1nc(C(C)(C)C)cc1-n1c(C)ccc1C. The monoisotopic (exact) mass is 245 g/mol. The second-order valence-corrected chi connectivity index (χ2v) is 5.91. The predicted octanol–water partition coefficient (Wildman–Crippen LogP) is 3.61. The molecule has 0 saturated heterocycles. The molecule has 0 amide bonds. The molecule has 0 aliphatic carbocycles. The number of hydrogen-bond donors (Lipinski definition) is 0. The van der Waals surface area contributed by atoms with E-state index in [0.717, 1.165) is 12.2 Å². The van der Waals surface area contributed by atoms with Crippen LogP contribution in [-0.4, -0.2) is 14.3 Å². The third-order valence-corrected chi connectivity index (χ3v) is 3.33. The van der Waals surface area contributed by atoms with Crippen LogP contribution in [0, 0.1) is 13.8 Å². The zero-order chi connectivity index (χ0) is 13.5. The lowest BCUT2D eigenvalue weighted by Crippen LogP contribution is -2.13. The average Bonchev–Trinajstić information content (AvgIpc) is 2.82. The Morgan fingerprint density at radius 3 is 2.11 bits per heavy atom. The van der Waals surface area contributed by atoms with E-state index in [-0.39, 0.29) is 5.41 Å². The van der Waals surface area contributed by atoms with Gasteiger partial charge in [0.05, 0.1) is 5.69 Å². The maximum absolute atomic E-state index is 4.73. The molecule has 3 nitrogen and oxygen atoms in total. The highest BCUT2D eigenvalue weighted by atomic mass is 15.3. The summed E-state index contributed by atoms with van der Waals surface area (Å²) in [5, 5.41) is 4.73. The molecule has 0 unspecified atom stereocenters. The van der Waals surface area contributed by atoms with E-state index in [2.05, 4.69) is 69.0 Å². The van der Waals surface area contributed by atoms with Crippen molar-refractivity contribution in [1.82, 2.24) is 14.3 Å². The van der Waals surface area contributed by atoms with Gasteiger partial charge < -0.3 is 4.57 Å². The van der Waals surface area contributed by atoms with Gasteiger partial charge in [0.25, 0.3) is 0 Å². The maximum Gasteiger partial charge on any atom is 0.135 e. The summed E-state index contributed by atoms with van der Waals surface area (Å²) in [6.45, 7) is 13.9. The third kappa shape index (κ3) is 2.09. The second-order valence-electron chi connectivity index (χ2n) is 5.91. The fraction of sp³-hybridized carbons (Fsp3) is 0.533. The van der Waals surface area contributed by atoms with Gasteiger partial charge in [0.2, 0.25) is 0 Å². The van der Waals surface area contributed by atoms with E-state index >= 15 is 0 Å². The van der Waals surface area contributed by atoms with E-state index in [1.165, 1.54) is 17.2 Å². The molecule has 0 saturated carbocycles. The Balaban J connectivity index is 2.61. The highest BCUT2D eigenvalue weighted by molar-refractivity contribution is 5.35. The predicted molar refractivity (Wildman–Crippen MR) is 75.4 cm³/mol. The van der Waals surface area contributed by atoms with Gasteiger partial charge in [-0.3, -0.25) is 0 Å². The fourth-order valence-electron chi connectivity index (χ4n) is 2.22. The summed E-state index contributed by atoms with van der Waals surface area (Å²) in [5.41, 5.74) is 3.74. The lowest BCUT2D eigenvalue weighted by molar-refractivity contribution is 0.538. The van der Waals surface area contributed by atoms with Crippen molar-refractivity contribution in [2.75, 3.05) is 0 Å². The molecule has 0 fully saturated rings. The molecule has 0 N–H and O–H groups in total. The number of rotatable bonds is 2. The molecule has 2 rings (SSSR count). The van der Waals surface area contributed by atoms with E-state index in [1.54, 1.807) is 0 Å². The minimum Gasteiger partial charge on any atom is -0.303 e. The molecule has 18 heavy (non-hydrogen) atoms. The number of aromatic nitrogens is 3. The van der Waals surface area contributed by atoms with Crippen molar-refractivity contribution < 1.29 is 0 Å². The summed E-state index contributed by atoms with van der Waals surface area (Å²) in [5.74, 6) is 1.17. The van der Waals surface area contributed by atoms with Crippen molar-refractivity contribution in [2.45, 2.75) is 53.5 Å². The molecule has 3 heteroatoms. The van der Waals surface area contributed by atoms with Crippen LogP contribution in [0.4, 0.5) is 0 Å². The Morgan fingerprint density at radius 1 is 1.11 bits per heavy atom. The Kier molecular flexibility index (Phi) is 3.09. The quantitative estimate of drug-likeness (QED) is 0.792. The van der Waals surface area contributed by atoms with Gasteiger partial charge >= 0.3 is 0 Å². The van der Waals surface area contributed by atoms with E-state index in [0.29, 0.717) is 0 Å². The first-order chi connectivity index (χ1) is 8.34. The number of aryl methyl sites for hydroxylation is 3. The third-order valence-electron chi connectivity index (χ3n) is 3.33. The topological polar surface area (TPSA) is 22.8 Å². The Bertz CT molecular complexity index is 533. The zero-order valence-corrected chi connectivity index (χ0v) is 12.3. The van der Waals surface area contributed by atoms with Crippen LogP contribution in [0.1, 0.15) is 44.8 Å². The fourth-order valence-corrected chi connectivity index (χ4v) is 2.22. The standard InChI is InChI=1S/C15H23N3/c1-7-17-14(10-13(16-17)15(4,5)6)18-11(2)8-9-12(18)3/h8-10H,7H2,1-6H3. The molecule has 0 spiro atoms. The van der Waals surface area contributed by atoms with E-state index in [1.807, 2.05) is 0 Å². The summed E-state index contributed by atoms with van der Waals surface area (Å²) >= 11 is 0. The molecule has 0 radical (unpaired) electrons. The van der Waals surface area contributed by atoms with Gasteiger partial charge in [0.1, 0.15) is 5.82 Å². The average molecular weight is 245 g/mol. The van der Waals surface area contributed by atoms with Crippen molar-refractivity contribution in [3.05, 3.63) is 35.3 Å². The first-order valence-corrected chi connectivity index (χ1v) is 6.58. The van der Waals surface area contributed by atoms with Crippen molar-refractivity contribution in [2.24, 2.45) is 0 Å². The molecule has 98 valence electrons. The Hall–Kier alpha value is -1.51. The largest absolute Gasteiger partial charge is 0.303 e. The van der Waals surface area contributed by atoms with Crippen LogP contribution in [-0.2, 0) is 12.0 Å². The zero-order valence-electron chi connectivity index (χ0n) is 12.3. The van der Waals surface area contributed by atoms with Crippen LogP contribution >= 0.6 is 0 Å². The van der Waals surface area contributed by atoms with Crippen molar-refractivity contribution in [3.8, 4) is 5.82 Å². The van der Waals surface area contributed by atoms with Crippen LogP contribution in [0.15, 0.2) is 18.2 Å². The van der Waals surface area contributed by atoms with E-state index in [9.17, 15) is 0 Å². The molecule has 0 aliphatic rings. The van der Waals surface area contributed by atoms with Crippen molar-refractivity contribution >= 4 is 0 Å². The molecule has 2 aromatic rings. The van der Waals surface area contributed by atoms with Gasteiger partial charge in [0.15, 0.2) is 0 Å². The smallest absolute Gasteiger partial charge is 0.135 e. The minimum atomic E-state index is 0.0874. The van der Waals surface area contributed by atoms with Gasteiger partial charge in [-0.25, -0.2) is 4.68 Å². The first kappa shape index (κ1) is 12.9. The molecular formula is C15H23N3. The van der Waals surface area contributed by atoms with Crippen LogP contribution in [0.3, 0.4) is 0 Å². The highest BCUT2D eigenvalue weighted by Gasteiger charge is 2.20. The van der Waals surface area contributed by atoms with Crippen LogP contribution in [0.2, 0.25) is 0 Å². The summed E-state index contributed by atoms with van der Waals surface area (Å²) in [6.07, 6.45) is 0. The number of hydrogen-bond acceptors (Lipinski definition) is 1. The van der Waals surface area contributed by atoms with E-state index < -0.39 is 0 Å². The molecular weight excluding hydrogens is 222 g/mol. The maximum atomic E-state index is 4.73. The molecule has 0 aromatic carbocycles. The summed E-state index contributed by atoms with van der Waals surface area (Å²) < 4.78 is 4.35. The molecule has 0 aliphatic heterocycles. The lowest BCUT2D eigenvalue weighted by Gasteiger charge is -2.13. The van der Waals surface area contributed by atoms with Crippen LogP contribution in [0.5, 0.6) is 0 Å². The first-order valence-electron chi connectivity index (χ1n) is 6.58. The Morgan fingerprint density at radius 2 is 1.67 bits per heavy atom. The van der Waals surface area contributed by atoms with Gasteiger partial charge in [-0.1, -0.05) is 20.8 Å².